The highest BCUT2D eigenvalue weighted by Gasteiger charge is 2.35. The van der Waals surface area contributed by atoms with Crippen molar-refractivity contribution in [3.05, 3.63) is 0 Å². The lowest BCUT2D eigenvalue weighted by Gasteiger charge is -2.42. The van der Waals surface area contributed by atoms with Crippen molar-refractivity contribution in [2.45, 2.75) is 52.6 Å². The van der Waals surface area contributed by atoms with E-state index in [1.165, 1.54) is 19.5 Å². The van der Waals surface area contributed by atoms with E-state index in [9.17, 15) is 0 Å². The fourth-order valence-electron chi connectivity index (χ4n) is 1.78. The zero-order chi connectivity index (χ0) is 11.0. The molecule has 0 aromatic rings. The summed E-state index contributed by atoms with van der Waals surface area (Å²) in [7, 11) is 2.20. The molecule has 0 amide bonds. The standard InChI is InChI=1S/C12H26N2/c1-11(2,3)12(4,5)13-10-7-8-14(6)9-10/h10,13H,7-9H2,1-6H3. The van der Waals surface area contributed by atoms with Gasteiger partial charge < -0.3 is 10.2 Å². The van der Waals surface area contributed by atoms with Crippen LogP contribution in [0.3, 0.4) is 0 Å². The van der Waals surface area contributed by atoms with Gasteiger partial charge in [0.1, 0.15) is 0 Å². The number of likely N-dealkylation sites (tertiary alicyclic amines) is 1. The van der Waals surface area contributed by atoms with E-state index in [1.54, 1.807) is 0 Å². The van der Waals surface area contributed by atoms with E-state index >= 15 is 0 Å². The van der Waals surface area contributed by atoms with Crippen molar-refractivity contribution >= 4 is 0 Å². The molecule has 84 valence electrons. The Morgan fingerprint density at radius 2 is 1.71 bits per heavy atom. The molecule has 1 atom stereocenters. The Hall–Kier alpha value is -0.0800. The number of hydrogen-bond donors (Lipinski definition) is 1. The highest BCUT2D eigenvalue weighted by Crippen LogP contribution is 2.30. The van der Waals surface area contributed by atoms with Crippen LogP contribution in [0.1, 0.15) is 41.0 Å². The second-order valence-corrected chi connectivity index (χ2v) is 6.27. The Balaban J connectivity index is 2.51. The van der Waals surface area contributed by atoms with Gasteiger partial charge in [-0.2, -0.15) is 0 Å². The fourth-order valence-corrected chi connectivity index (χ4v) is 1.78. The molecule has 0 radical (unpaired) electrons. The maximum atomic E-state index is 3.78. The van der Waals surface area contributed by atoms with Gasteiger partial charge in [0.05, 0.1) is 0 Å². The Labute approximate surface area is 89.1 Å². The van der Waals surface area contributed by atoms with Gasteiger partial charge >= 0.3 is 0 Å². The molecule has 1 saturated heterocycles. The largest absolute Gasteiger partial charge is 0.307 e. The molecule has 2 nitrogen and oxygen atoms in total. The van der Waals surface area contributed by atoms with Crippen LogP contribution in [0.4, 0.5) is 0 Å². The highest BCUT2D eigenvalue weighted by molar-refractivity contribution is 4.94. The molecule has 1 N–H and O–H groups in total. The van der Waals surface area contributed by atoms with E-state index in [-0.39, 0.29) is 5.54 Å². The summed E-state index contributed by atoms with van der Waals surface area (Å²) in [5.74, 6) is 0. The summed E-state index contributed by atoms with van der Waals surface area (Å²) >= 11 is 0. The average Bonchev–Trinajstić information content (AvgIpc) is 2.31. The van der Waals surface area contributed by atoms with Crippen LogP contribution >= 0.6 is 0 Å². The first kappa shape index (κ1) is 12.0. The molecule has 0 spiro atoms. The van der Waals surface area contributed by atoms with Gasteiger partial charge in [0.25, 0.3) is 0 Å². The van der Waals surface area contributed by atoms with Gasteiger partial charge in [-0.3, -0.25) is 0 Å². The van der Waals surface area contributed by atoms with Crippen molar-refractivity contribution in [2.75, 3.05) is 20.1 Å². The Bertz CT molecular complexity index is 191. The molecule has 0 bridgehead atoms. The van der Waals surface area contributed by atoms with Crippen LogP contribution in [-0.4, -0.2) is 36.6 Å². The van der Waals surface area contributed by atoms with Gasteiger partial charge in [0, 0.05) is 18.1 Å². The van der Waals surface area contributed by atoms with Crippen molar-refractivity contribution in [3.63, 3.8) is 0 Å². The van der Waals surface area contributed by atoms with Gasteiger partial charge in [-0.25, -0.2) is 0 Å². The van der Waals surface area contributed by atoms with Crippen LogP contribution in [-0.2, 0) is 0 Å². The van der Waals surface area contributed by atoms with Gasteiger partial charge in [-0.15, -0.1) is 0 Å². The fraction of sp³-hybridized carbons (Fsp3) is 1.00. The lowest BCUT2D eigenvalue weighted by molar-refractivity contribution is 0.158. The molecule has 1 unspecified atom stereocenters. The third-order valence-corrected chi connectivity index (χ3v) is 3.83. The first-order valence-electron chi connectivity index (χ1n) is 5.68. The minimum Gasteiger partial charge on any atom is -0.307 e. The second-order valence-electron chi connectivity index (χ2n) is 6.27. The van der Waals surface area contributed by atoms with E-state index in [0.717, 1.165) is 0 Å². The SMILES string of the molecule is CN1CCC(NC(C)(C)C(C)(C)C)C1. The van der Waals surface area contributed by atoms with E-state index in [4.69, 9.17) is 0 Å². The number of likely N-dealkylation sites (N-methyl/N-ethyl adjacent to an activating group) is 1. The zero-order valence-corrected chi connectivity index (χ0v) is 10.6. The molecular weight excluding hydrogens is 172 g/mol. The van der Waals surface area contributed by atoms with Crippen LogP contribution in [0.15, 0.2) is 0 Å². The molecule has 1 aliphatic rings. The molecule has 1 fully saturated rings. The topological polar surface area (TPSA) is 15.3 Å². The smallest absolute Gasteiger partial charge is 0.0212 e. The van der Waals surface area contributed by atoms with E-state index in [2.05, 4.69) is 51.9 Å². The molecule has 14 heavy (non-hydrogen) atoms. The number of hydrogen-bond acceptors (Lipinski definition) is 2. The first-order valence-corrected chi connectivity index (χ1v) is 5.68. The predicted octanol–water partition coefficient (Wildman–Crippen LogP) is 2.10. The second kappa shape index (κ2) is 3.82. The minimum atomic E-state index is 0.211. The summed E-state index contributed by atoms with van der Waals surface area (Å²) < 4.78 is 0. The monoisotopic (exact) mass is 198 g/mol. The van der Waals surface area contributed by atoms with Crippen LogP contribution in [0.2, 0.25) is 0 Å². The maximum Gasteiger partial charge on any atom is 0.0212 e. The third-order valence-electron chi connectivity index (χ3n) is 3.83. The van der Waals surface area contributed by atoms with Crippen molar-refractivity contribution in [3.8, 4) is 0 Å². The lowest BCUT2D eigenvalue weighted by atomic mass is 9.76. The first-order chi connectivity index (χ1) is 6.22. The molecule has 1 rings (SSSR count). The predicted molar refractivity (Wildman–Crippen MR) is 62.6 cm³/mol. The summed E-state index contributed by atoms with van der Waals surface area (Å²) in [4.78, 5) is 2.40. The van der Waals surface area contributed by atoms with Crippen molar-refractivity contribution < 1.29 is 0 Å². The van der Waals surface area contributed by atoms with Crippen LogP contribution in [0, 0.1) is 5.41 Å². The van der Waals surface area contributed by atoms with Gasteiger partial charge in [-0.05, 0) is 39.3 Å². The lowest BCUT2D eigenvalue weighted by Crippen LogP contribution is -2.54. The summed E-state index contributed by atoms with van der Waals surface area (Å²) in [6.45, 7) is 14.0. The normalized spacial score (nSPS) is 25.7. The van der Waals surface area contributed by atoms with Crippen LogP contribution < -0.4 is 5.32 Å². The van der Waals surface area contributed by atoms with Crippen molar-refractivity contribution in [1.82, 2.24) is 10.2 Å². The average molecular weight is 198 g/mol. The Morgan fingerprint density at radius 1 is 1.14 bits per heavy atom. The molecule has 0 aliphatic carbocycles. The van der Waals surface area contributed by atoms with Gasteiger partial charge in [-0.1, -0.05) is 20.8 Å². The van der Waals surface area contributed by atoms with E-state index in [1.807, 2.05) is 0 Å². The summed E-state index contributed by atoms with van der Waals surface area (Å²) in [6.07, 6.45) is 1.29. The van der Waals surface area contributed by atoms with E-state index < -0.39 is 0 Å². The molecule has 0 aromatic heterocycles. The van der Waals surface area contributed by atoms with Gasteiger partial charge in [0.2, 0.25) is 0 Å². The molecule has 1 aliphatic heterocycles. The number of nitrogens with one attached hydrogen (secondary N) is 1. The van der Waals surface area contributed by atoms with Gasteiger partial charge in [0.15, 0.2) is 0 Å². The molecular formula is C12H26N2. The number of nitrogens with zero attached hydrogens (tertiary/aromatic N) is 1. The Morgan fingerprint density at radius 3 is 2.07 bits per heavy atom. The molecule has 0 saturated carbocycles. The maximum absolute atomic E-state index is 3.78. The van der Waals surface area contributed by atoms with Crippen LogP contribution in [0.25, 0.3) is 0 Å². The third kappa shape index (κ3) is 2.71. The summed E-state index contributed by atoms with van der Waals surface area (Å²) in [5, 5.41) is 3.78. The van der Waals surface area contributed by atoms with E-state index in [0.29, 0.717) is 11.5 Å². The zero-order valence-electron chi connectivity index (χ0n) is 10.6. The van der Waals surface area contributed by atoms with Crippen LogP contribution in [0.5, 0.6) is 0 Å². The highest BCUT2D eigenvalue weighted by atomic mass is 15.2. The van der Waals surface area contributed by atoms with Crippen molar-refractivity contribution in [1.29, 1.82) is 0 Å². The quantitative estimate of drug-likeness (QED) is 0.731. The summed E-state index contributed by atoms with van der Waals surface area (Å²) in [6, 6.07) is 0.675. The Kier molecular flexibility index (Phi) is 3.27. The number of rotatable bonds is 2. The molecule has 2 heteroatoms. The summed E-state index contributed by atoms with van der Waals surface area (Å²) in [5.41, 5.74) is 0.525. The molecule has 0 aromatic carbocycles. The van der Waals surface area contributed by atoms with Crippen molar-refractivity contribution in [2.24, 2.45) is 5.41 Å². The molecule has 1 heterocycles. The minimum absolute atomic E-state index is 0.211.